The van der Waals surface area contributed by atoms with E-state index < -0.39 is 0 Å². The van der Waals surface area contributed by atoms with E-state index in [1.807, 2.05) is 37.3 Å². The van der Waals surface area contributed by atoms with E-state index in [-0.39, 0.29) is 0 Å². The molecule has 0 saturated carbocycles. The predicted octanol–water partition coefficient (Wildman–Crippen LogP) is 4.84. The molecule has 0 unspecified atom stereocenters. The Kier molecular flexibility index (Phi) is 4.30. The molecule has 0 fully saturated rings. The lowest BCUT2D eigenvalue weighted by Crippen LogP contribution is -2.01. The van der Waals surface area contributed by atoms with Crippen LogP contribution in [0.4, 0.5) is 5.69 Å². The maximum absolute atomic E-state index is 9.76. The van der Waals surface area contributed by atoms with Gasteiger partial charge in [0, 0.05) is 26.7 Å². The molecule has 0 bridgehead atoms. The topological polar surface area (TPSA) is 32.3 Å². The van der Waals surface area contributed by atoms with Gasteiger partial charge in [-0.3, -0.25) is 0 Å². The molecule has 0 amide bonds. The number of hydrogen-bond acceptors (Lipinski definition) is 2. The molecule has 2 aromatic rings. The molecule has 0 aromatic heterocycles. The summed E-state index contributed by atoms with van der Waals surface area (Å²) < 4.78 is 2.01. The molecule has 0 atom stereocenters. The first kappa shape index (κ1) is 13.4. The minimum atomic E-state index is 0.300. The van der Waals surface area contributed by atoms with Crippen LogP contribution >= 0.6 is 31.9 Å². The Morgan fingerprint density at radius 1 is 1.17 bits per heavy atom. The van der Waals surface area contributed by atoms with Crippen molar-refractivity contribution in [2.75, 3.05) is 5.32 Å². The lowest BCUT2D eigenvalue weighted by Gasteiger charge is -2.11. The fourth-order valence-corrected chi connectivity index (χ4v) is 2.48. The third-order valence-corrected chi connectivity index (χ3v) is 4.25. The van der Waals surface area contributed by atoms with Crippen LogP contribution in [-0.4, -0.2) is 5.11 Å². The van der Waals surface area contributed by atoms with Crippen LogP contribution in [-0.2, 0) is 6.54 Å². The molecule has 2 rings (SSSR count). The van der Waals surface area contributed by atoms with Gasteiger partial charge in [0.2, 0.25) is 0 Å². The van der Waals surface area contributed by atoms with Gasteiger partial charge in [0.1, 0.15) is 5.75 Å². The highest BCUT2D eigenvalue weighted by Gasteiger charge is 2.05. The Balaban J connectivity index is 2.16. The maximum atomic E-state index is 9.76. The molecule has 0 spiro atoms. The van der Waals surface area contributed by atoms with Crippen molar-refractivity contribution in [3.05, 3.63) is 56.5 Å². The van der Waals surface area contributed by atoms with Crippen molar-refractivity contribution in [2.24, 2.45) is 0 Å². The molecular weight excluding hydrogens is 358 g/mol. The fourth-order valence-electron chi connectivity index (χ4n) is 1.67. The third kappa shape index (κ3) is 3.06. The van der Waals surface area contributed by atoms with Crippen molar-refractivity contribution in [1.29, 1.82) is 0 Å². The summed E-state index contributed by atoms with van der Waals surface area (Å²) in [5, 5.41) is 13.1. The van der Waals surface area contributed by atoms with E-state index in [4.69, 9.17) is 0 Å². The molecule has 0 heterocycles. The second-order valence-corrected chi connectivity index (χ2v) is 5.77. The van der Waals surface area contributed by atoms with E-state index in [9.17, 15) is 5.11 Å². The second kappa shape index (κ2) is 5.76. The Hall–Kier alpha value is -1.00. The Morgan fingerprint density at radius 3 is 2.72 bits per heavy atom. The summed E-state index contributed by atoms with van der Waals surface area (Å²) in [7, 11) is 0. The molecule has 2 N–H and O–H groups in total. The lowest BCUT2D eigenvalue weighted by molar-refractivity contribution is 0.469. The highest BCUT2D eigenvalue weighted by atomic mass is 79.9. The predicted molar refractivity (Wildman–Crippen MR) is 82.0 cm³/mol. The molecule has 0 aliphatic carbocycles. The number of phenolic OH excluding ortho intramolecular Hbond substituents is 1. The van der Waals surface area contributed by atoms with E-state index in [1.54, 1.807) is 6.07 Å². The molecule has 4 heteroatoms. The van der Waals surface area contributed by atoms with Crippen molar-refractivity contribution >= 4 is 37.5 Å². The van der Waals surface area contributed by atoms with Crippen molar-refractivity contribution in [2.45, 2.75) is 13.5 Å². The van der Waals surface area contributed by atoms with Crippen LogP contribution in [0.15, 0.2) is 45.3 Å². The summed E-state index contributed by atoms with van der Waals surface area (Å²) in [5.74, 6) is 0.300. The number of hydrogen-bond donors (Lipinski definition) is 2. The molecular formula is C14H13Br2NO. The van der Waals surface area contributed by atoms with E-state index in [1.165, 1.54) is 5.56 Å². The van der Waals surface area contributed by atoms with Crippen LogP contribution in [0.2, 0.25) is 0 Å². The monoisotopic (exact) mass is 369 g/mol. The van der Waals surface area contributed by atoms with Crippen LogP contribution in [0.5, 0.6) is 5.75 Å². The Bertz CT molecular complexity index is 568. The minimum absolute atomic E-state index is 0.300. The summed E-state index contributed by atoms with van der Waals surface area (Å²) >= 11 is 6.95. The van der Waals surface area contributed by atoms with Crippen LogP contribution in [0.3, 0.4) is 0 Å². The number of halogens is 2. The van der Waals surface area contributed by atoms with Crippen molar-refractivity contribution in [3.63, 3.8) is 0 Å². The number of aryl methyl sites for hydroxylation is 1. The van der Waals surface area contributed by atoms with E-state index >= 15 is 0 Å². The fraction of sp³-hybridized carbons (Fsp3) is 0.143. The van der Waals surface area contributed by atoms with Gasteiger partial charge in [0.05, 0.1) is 0 Å². The maximum Gasteiger partial charge on any atom is 0.120 e. The normalized spacial score (nSPS) is 10.4. The molecule has 94 valence electrons. The standard InChI is InChI=1S/C14H13Br2NO/c1-9-3-2-4-12(14(9)16)17-8-10-7-11(15)5-6-13(10)18/h2-7,17-18H,8H2,1H3. The highest BCUT2D eigenvalue weighted by Crippen LogP contribution is 2.28. The smallest absolute Gasteiger partial charge is 0.120 e. The van der Waals surface area contributed by atoms with Gasteiger partial charge >= 0.3 is 0 Å². The molecule has 0 radical (unpaired) electrons. The zero-order valence-electron chi connectivity index (χ0n) is 9.87. The second-order valence-electron chi connectivity index (χ2n) is 4.06. The van der Waals surface area contributed by atoms with Gasteiger partial charge in [-0.25, -0.2) is 0 Å². The quantitative estimate of drug-likeness (QED) is 0.810. The van der Waals surface area contributed by atoms with Gasteiger partial charge in [-0.15, -0.1) is 0 Å². The summed E-state index contributed by atoms with van der Waals surface area (Å²) in [5.41, 5.74) is 3.06. The summed E-state index contributed by atoms with van der Waals surface area (Å²) in [6.07, 6.45) is 0. The Labute approximate surface area is 123 Å². The number of aromatic hydroxyl groups is 1. The van der Waals surface area contributed by atoms with Crippen LogP contribution in [0.25, 0.3) is 0 Å². The average Bonchev–Trinajstić information content (AvgIpc) is 2.35. The third-order valence-electron chi connectivity index (χ3n) is 2.70. The van der Waals surface area contributed by atoms with Crippen molar-refractivity contribution in [3.8, 4) is 5.75 Å². The molecule has 0 aliphatic heterocycles. The zero-order valence-corrected chi connectivity index (χ0v) is 13.0. The molecule has 2 nitrogen and oxygen atoms in total. The van der Waals surface area contributed by atoms with Crippen LogP contribution < -0.4 is 5.32 Å². The molecule has 18 heavy (non-hydrogen) atoms. The summed E-state index contributed by atoms with van der Waals surface area (Å²) in [6.45, 7) is 2.62. The van der Waals surface area contributed by atoms with Gasteiger partial charge in [-0.2, -0.15) is 0 Å². The average molecular weight is 371 g/mol. The van der Waals surface area contributed by atoms with Crippen molar-refractivity contribution in [1.82, 2.24) is 0 Å². The zero-order chi connectivity index (χ0) is 13.1. The molecule has 0 saturated heterocycles. The molecule has 2 aromatic carbocycles. The van der Waals surface area contributed by atoms with E-state index in [0.717, 1.165) is 20.2 Å². The van der Waals surface area contributed by atoms with Gasteiger partial charge in [-0.05, 0) is 52.7 Å². The summed E-state index contributed by atoms with van der Waals surface area (Å²) in [4.78, 5) is 0. The minimum Gasteiger partial charge on any atom is -0.508 e. The van der Waals surface area contributed by atoms with Gasteiger partial charge in [0.25, 0.3) is 0 Å². The number of phenols is 1. The largest absolute Gasteiger partial charge is 0.508 e. The molecule has 0 aliphatic rings. The summed E-state index contributed by atoms with van der Waals surface area (Å²) in [6, 6.07) is 11.5. The SMILES string of the molecule is Cc1cccc(NCc2cc(Br)ccc2O)c1Br. The van der Waals surface area contributed by atoms with Gasteiger partial charge in [-0.1, -0.05) is 28.1 Å². The first-order valence-corrected chi connectivity index (χ1v) is 7.13. The van der Waals surface area contributed by atoms with E-state index in [2.05, 4.69) is 37.2 Å². The van der Waals surface area contributed by atoms with E-state index in [0.29, 0.717) is 12.3 Å². The first-order valence-electron chi connectivity index (χ1n) is 5.54. The van der Waals surface area contributed by atoms with Gasteiger partial charge < -0.3 is 10.4 Å². The Morgan fingerprint density at radius 2 is 1.94 bits per heavy atom. The van der Waals surface area contributed by atoms with Crippen LogP contribution in [0, 0.1) is 6.92 Å². The number of benzene rings is 2. The van der Waals surface area contributed by atoms with Crippen molar-refractivity contribution < 1.29 is 5.11 Å². The number of anilines is 1. The van der Waals surface area contributed by atoms with Gasteiger partial charge in [0.15, 0.2) is 0 Å². The highest BCUT2D eigenvalue weighted by molar-refractivity contribution is 9.11. The lowest BCUT2D eigenvalue weighted by atomic mass is 10.2. The number of rotatable bonds is 3. The number of nitrogens with one attached hydrogen (secondary N) is 1. The van der Waals surface area contributed by atoms with Crippen LogP contribution in [0.1, 0.15) is 11.1 Å². The first-order chi connectivity index (χ1) is 8.58.